The Kier molecular flexibility index (Phi) is 5.61. The van der Waals surface area contributed by atoms with Gasteiger partial charge in [-0.3, -0.25) is 4.98 Å². The molecule has 1 aliphatic carbocycles. The van der Waals surface area contributed by atoms with Crippen molar-refractivity contribution in [3.8, 4) is 0 Å². The van der Waals surface area contributed by atoms with Crippen molar-refractivity contribution < 1.29 is 13.9 Å². The molecule has 2 unspecified atom stereocenters. The molecule has 0 spiro atoms. The van der Waals surface area contributed by atoms with Crippen molar-refractivity contribution >= 4 is 23.2 Å². The van der Waals surface area contributed by atoms with E-state index in [1.165, 1.54) is 24.3 Å². The summed E-state index contributed by atoms with van der Waals surface area (Å²) in [6.45, 7) is 0.211. The van der Waals surface area contributed by atoms with Gasteiger partial charge in [0.05, 0.1) is 22.6 Å². The number of pyridine rings is 1. The fourth-order valence-electron chi connectivity index (χ4n) is 3.79. The highest BCUT2D eigenvalue weighted by molar-refractivity contribution is 7.80. The van der Waals surface area contributed by atoms with Gasteiger partial charge >= 0.3 is 5.97 Å². The van der Waals surface area contributed by atoms with Gasteiger partial charge in [-0.25, -0.2) is 9.18 Å². The van der Waals surface area contributed by atoms with Gasteiger partial charge in [-0.15, -0.1) is 0 Å². The molecule has 4 nitrogen and oxygen atoms in total. The number of aromatic nitrogens is 1. The maximum atomic E-state index is 13.0. The van der Waals surface area contributed by atoms with Crippen LogP contribution in [0.4, 0.5) is 4.39 Å². The zero-order chi connectivity index (χ0) is 18.6. The van der Waals surface area contributed by atoms with Gasteiger partial charge in [0.25, 0.3) is 0 Å². The molecule has 1 fully saturated rings. The van der Waals surface area contributed by atoms with Crippen LogP contribution in [0.1, 0.15) is 41.6 Å². The summed E-state index contributed by atoms with van der Waals surface area (Å²) < 4.78 is 18.6. The van der Waals surface area contributed by atoms with Crippen molar-refractivity contribution in [1.82, 2.24) is 4.98 Å². The summed E-state index contributed by atoms with van der Waals surface area (Å²) in [7, 11) is 0. The Morgan fingerprint density at radius 1 is 1.31 bits per heavy atom. The molecule has 0 bridgehead atoms. The zero-order valence-corrected chi connectivity index (χ0v) is 15.2. The minimum atomic E-state index is -0.523. The maximum absolute atomic E-state index is 13.0. The highest BCUT2D eigenvalue weighted by Gasteiger charge is 2.45. The number of hydrogen-bond donors (Lipinski definition) is 1. The Morgan fingerprint density at radius 2 is 2.08 bits per heavy atom. The molecule has 26 heavy (non-hydrogen) atoms. The first-order valence-electron chi connectivity index (χ1n) is 8.67. The SMILES string of the molecule is NC(=S)C1(c2cccnc2)CCCCC1COC(=O)c1ccc(F)cc1. The van der Waals surface area contributed by atoms with Crippen molar-refractivity contribution in [3.63, 3.8) is 0 Å². The van der Waals surface area contributed by atoms with Gasteiger partial charge in [0.15, 0.2) is 0 Å². The third kappa shape index (κ3) is 3.60. The van der Waals surface area contributed by atoms with E-state index < -0.39 is 17.2 Å². The van der Waals surface area contributed by atoms with Crippen LogP contribution in [0.5, 0.6) is 0 Å². The predicted molar refractivity (Wildman–Crippen MR) is 101 cm³/mol. The maximum Gasteiger partial charge on any atom is 0.338 e. The van der Waals surface area contributed by atoms with Crippen LogP contribution in [-0.2, 0) is 10.2 Å². The molecule has 1 aliphatic rings. The Morgan fingerprint density at radius 3 is 2.73 bits per heavy atom. The number of ether oxygens (including phenoxy) is 1. The standard InChI is InChI=1S/C20H21FN2O2S/c21-17-8-6-14(7-9-17)18(24)25-13-16-4-1-2-10-20(16,19(22)26)15-5-3-11-23-12-15/h3,5-9,11-12,16H,1-2,4,10,13H2,(H2,22,26). The molecule has 3 rings (SSSR count). The normalized spacial score (nSPS) is 22.6. The lowest BCUT2D eigenvalue weighted by atomic mass is 9.63. The number of hydrogen-bond acceptors (Lipinski definition) is 4. The molecule has 1 saturated carbocycles. The summed E-state index contributed by atoms with van der Waals surface area (Å²) in [5.74, 6) is -0.876. The number of rotatable bonds is 5. The van der Waals surface area contributed by atoms with Gasteiger partial charge in [-0.2, -0.15) is 0 Å². The molecule has 0 aliphatic heterocycles. The number of carbonyl (C=O) groups excluding carboxylic acids is 1. The van der Waals surface area contributed by atoms with Crippen LogP contribution in [-0.4, -0.2) is 22.5 Å². The van der Waals surface area contributed by atoms with Gasteiger partial charge < -0.3 is 10.5 Å². The van der Waals surface area contributed by atoms with Crippen LogP contribution in [0.25, 0.3) is 0 Å². The second kappa shape index (κ2) is 7.91. The lowest BCUT2D eigenvalue weighted by molar-refractivity contribution is 0.0354. The Labute approximate surface area is 157 Å². The van der Waals surface area contributed by atoms with Crippen LogP contribution >= 0.6 is 12.2 Å². The summed E-state index contributed by atoms with van der Waals surface area (Å²) in [5.41, 5.74) is 6.95. The molecule has 1 heterocycles. The highest BCUT2D eigenvalue weighted by Crippen LogP contribution is 2.44. The summed E-state index contributed by atoms with van der Waals surface area (Å²) in [4.78, 5) is 16.9. The molecule has 2 aromatic rings. The van der Waals surface area contributed by atoms with E-state index in [0.29, 0.717) is 10.6 Å². The van der Waals surface area contributed by atoms with Gasteiger partial charge in [-0.1, -0.05) is 31.1 Å². The average molecular weight is 372 g/mol. The molecular formula is C20H21FN2O2S. The largest absolute Gasteiger partial charge is 0.462 e. The van der Waals surface area contributed by atoms with E-state index in [1.54, 1.807) is 12.4 Å². The molecule has 2 N–H and O–H groups in total. The number of nitrogens with zero attached hydrogens (tertiary/aromatic N) is 1. The topological polar surface area (TPSA) is 65.2 Å². The molecule has 0 saturated heterocycles. The highest BCUT2D eigenvalue weighted by atomic mass is 32.1. The summed E-state index contributed by atoms with van der Waals surface area (Å²) in [6.07, 6.45) is 7.22. The monoisotopic (exact) mass is 372 g/mol. The molecule has 1 aromatic heterocycles. The van der Waals surface area contributed by atoms with Gasteiger partial charge in [0.2, 0.25) is 0 Å². The molecular weight excluding hydrogens is 351 g/mol. The minimum absolute atomic E-state index is 0.0117. The second-order valence-electron chi connectivity index (χ2n) is 6.63. The molecule has 136 valence electrons. The van der Waals surface area contributed by atoms with Crippen molar-refractivity contribution in [2.75, 3.05) is 6.61 Å². The quantitative estimate of drug-likeness (QED) is 0.639. The van der Waals surface area contributed by atoms with E-state index in [4.69, 9.17) is 22.7 Å². The van der Waals surface area contributed by atoms with E-state index in [2.05, 4.69) is 4.98 Å². The third-order valence-corrected chi connectivity index (χ3v) is 5.55. The summed E-state index contributed by atoms with van der Waals surface area (Å²) in [5, 5.41) is 0. The predicted octanol–water partition coefficient (Wildman–Crippen LogP) is 3.79. The van der Waals surface area contributed by atoms with Gasteiger partial charge in [-0.05, 0) is 48.7 Å². The number of nitrogens with two attached hydrogens (primary N) is 1. The van der Waals surface area contributed by atoms with Crippen molar-refractivity contribution in [3.05, 3.63) is 65.7 Å². The number of benzene rings is 1. The molecule has 6 heteroatoms. The van der Waals surface area contributed by atoms with Gasteiger partial charge in [0.1, 0.15) is 5.82 Å². The first-order chi connectivity index (χ1) is 12.5. The summed E-state index contributed by atoms with van der Waals surface area (Å²) in [6, 6.07) is 9.16. The zero-order valence-electron chi connectivity index (χ0n) is 14.4. The lowest BCUT2D eigenvalue weighted by Crippen LogP contribution is -2.50. The van der Waals surface area contributed by atoms with Crippen LogP contribution in [0.15, 0.2) is 48.8 Å². The molecule has 0 radical (unpaired) electrons. The van der Waals surface area contributed by atoms with E-state index in [9.17, 15) is 9.18 Å². The average Bonchev–Trinajstić information content (AvgIpc) is 2.67. The van der Waals surface area contributed by atoms with E-state index in [-0.39, 0.29) is 12.5 Å². The number of carbonyl (C=O) groups is 1. The first-order valence-corrected chi connectivity index (χ1v) is 9.08. The smallest absolute Gasteiger partial charge is 0.338 e. The van der Waals surface area contributed by atoms with E-state index in [1.807, 2.05) is 12.1 Å². The van der Waals surface area contributed by atoms with Crippen molar-refractivity contribution in [2.24, 2.45) is 11.7 Å². The number of thiocarbonyl (C=S) groups is 1. The number of esters is 1. The minimum Gasteiger partial charge on any atom is -0.462 e. The molecule has 2 atom stereocenters. The van der Waals surface area contributed by atoms with Crippen LogP contribution in [0, 0.1) is 11.7 Å². The Hall–Kier alpha value is -2.34. The fraction of sp³-hybridized carbons (Fsp3) is 0.350. The lowest BCUT2D eigenvalue weighted by Gasteiger charge is -2.43. The Bertz CT molecular complexity index is 782. The Balaban J connectivity index is 1.81. The third-order valence-electron chi connectivity index (χ3n) is 5.18. The van der Waals surface area contributed by atoms with Crippen LogP contribution in [0.3, 0.4) is 0 Å². The molecule has 1 aromatic carbocycles. The van der Waals surface area contributed by atoms with Crippen molar-refractivity contribution in [1.29, 1.82) is 0 Å². The second-order valence-corrected chi connectivity index (χ2v) is 7.07. The molecule has 0 amide bonds. The number of halogens is 1. The van der Waals surface area contributed by atoms with E-state index in [0.717, 1.165) is 31.2 Å². The van der Waals surface area contributed by atoms with Crippen molar-refractivity contribution in [2.45, 2.75) is 31.1 Å². The van der Waals surface area contributed by atoms with Crippen LogP contribution in [0.2, 0.25) is 0 Å². The van der Waals surface area contributed by atoms with Gasteiger partial charge in [0, 0.05) is 18.3 Å². The first kappa shape index (κ1) is 18.5. The fourth-order valence-corrected chi connectivity index (χ4v) is 4.18. The van der Waals surface area contributed by atoms with E-state index >= 15 is 0 Å². The van der Waals surface area contributed by atoms with Crippen LogP contribution < -0.4 is 5.73 Å². The summed E-state index contributed by atoms with van der Waals surface area (Å²) >= 11 is 5.44.